The lowest BCUT2D eigenvalue weighted by molar-refractivity contribution is -0.288. The number of benzene rings is 4. The lowest BCUT2D eigenvalue weighted by Crippen LogP contribution is -2.54. The minimum atomic E-state index is -5.70. The first-order chi connectivity index (χ1) is 17.4. The first-order valence-electron chi connectivity index (χ1n) is 11.0. The zero-order valence-electron chi connectivity index (χ0n) is 19.4. The van der Waals surface area contributed by atoms with E-state index in [-0.39, 0.29) is 11.5 Å². The van der Waals surface area contributed by atoms with Gasteiger partial charge < -0.3 is 15.2 Å². The van der Waals surface area contributed by atoms with Gasteiger partial charge in [-0.05, 0) is 78.7 Å². The predicted molar refractivity (Wildman–Crippen MR) is 128 cm³/mol. The van der Waals surface area contributed by atoms with Crippen LogP contribution in [0.25, 0.3) is 0 Å². The highest BCUT2D eigenvalue weighted by Crippen LogP contribution is 2.56. The summed E-state index contributed by atoms with van der Waals surface area (Å²) in [6, 6.07) is 20.4. The molecule has 0 saturated heterocycles. The van der Waals surface area contributed by atoms with Crippen LogP contribution in [0.5, 0.6) is 23.0 Å². The Hall–Kier alpha value is -4.14. The van der Waals surface area contributed by atoms with E-state index in [2.05, 4.69) is 0 Å². The zero-order valence-corrected chi connectivity index (χ0v) is 19.4. The van der Waals surface area contributed by atoms with Crippen LogP contribution in [-0.4, -0.2) is 12.4 Å². The molecule has 0 amide bonds. The Bertz CT molecular complexity index is 1220. The Morgan fingerprint density at radius 1 is 0.486 bits per heavy atom. The number of anilines is 1. The first-order valence-corrected chi connectivity index (χ1v) is 11.0. The van der Waals surface area contributed by atoms with Crippen molar-refractivity contribution >= 4 is 5.69 Å². The van der Waals surface area contributed by atoms with E-state index < -0.39 is 28.9 Å². The molecule has 0 radical (unpaired) electrons. The molecule has 0 heterocycles. The van der Waals surface area contributed by atoms with Gasteiger partial charge in [0, 0.05) is 5.69 Å². The number of hydrogen-bond acceptors (Lipinski definition) is 3. The lowest BCUT2D eigenvalue weighted by Gasteiger charge is -2.38. The molecule has 0 aliphatic carbocycles. The second-order valence-electron chi connectivity index (χ2n) is 8.38. The van der Waals surface area contributed by atoms with Crippen molar-refractivity contribution in [1.29, 1.82) is 0 Å². The van der Waals surface area contributed by atoms with Crippen LogP contribution in [0.2, 0.25) is 0 Å². The Kier molecular flexibility index (Phi) is 6.82. The summed E-state index contributed by atoms with van der Waals surface area (Å²) in [5.41, 5.74) is 0.776. The van der Waals surface area contributed by atoms with E-state index in [1.165, 1.54) is 12.1 Å². The molecule has 0 atom stereocenters. The molecular formula is C28H21F6NO2. The van der Waals surface area contributed by atoms with Crippen LogP contribution >= 0.6 is 0 Å². The molecule has 0 spiro atoms. The van der Waals surface area contributed by atoms with E-state index in [4.69, 9.17) is 15.2 Å². The van der Waals surface area contributed by atoms with Crippen LogP contribution in [-0.2, 0) is 5.41 Å². The van der Waals surface area contributed by atoms with Gasteiger partial charge in [-0.25, -0.2) is 0 Å². The number of rotatable bonds is 6. The molecule has 0 aliphatic heterocycles. The summed E-state index contributed by atoms with van der Waals surface area (Å²) in [4.78, 5) is 0. The molecule has 192 valence electrons. The number of hydrogen-bond donors (Lipinski definition) is 1. The second kappa shape index (κ2) is 9.72. The lowest BCUT2D eigenvalue weighted by atomic mass is 9.73. The summed E-state index contributed by atoms with van der Waals surface area (Å²) in [7, 11) is 0. The third-order valence-corrected chi connectivity index (χ3v) is 5.80. The number of alkyl halides is 6. The van der Waals surface area contributed by atoms with Gasteiger partial charge in [0.2, 0.25) is 5.41 Å². The third kappa shape index (κ3) is 5.21. The Labute approximate surface area is 209 Å². The zero-order chi connectivity index (χ0) is 26.8. The molecule has 0 unspecified atom stereocenters. The molecule has 4 aromatic rings. The highest BCUT2D eigenvalue weighted by Gasteiger charge is 2.72. The van der Waals surface area contributed by atoms with Crippen molar-refractivity contribution in [2.75, 3.05) is 5.73 Å². The van der Waals surface area contributed by atoms with Crippen LogP contribution in [0.4, 0.5) is 32.0 Å². The summed E-state index contributed by atoms with van der Waals surface area (Å²) in [5, 5.41) is 0. The van der Waals surface area contributed by atoms with Crippen LogP contribution < -0.4 is 15.2 Å². The van der Waals surface area contributed by atoms with Gasteiger partial charge in [0.15, 0.2) is 0 Å². The van der Waals surface area contributed by atoms with Crippen LogP contribution in [0.3, 0.4) is 0 Å². The van der Waals surface area contributed by atoms with Crippen LogP contribution in [0, 0.1) is 6.92 Å². The average Bonchev–Trinajstić information content (AvgIpc) is 2.83. The standard InChI is InChI=1S/C28H21F6NO2/c1-18-2-10-22(11-3-18)36-23-12-4-19(5-13-23)26(27(29,30)31,28(32,33)34)20-6-14-24(15-7-20)37-25-16-8-21(35)9-17-25/h2-17H,35H2,1H3. The van der Waals surface area contributed by atoms with Gasteiger partial charge in [0.1, 0.15) is 23.0 Å². The van der Waals surface area contributed by atoms with Crippen molar-refractivity contribution in [1.82, 2.24) is 0 Å². The number of nitrogen functional groups attached to an aromatic ring is 1. The average molecular weight is 517 g/mol. The van der Waals surface area contributed by atoms with Crippen LogP contribution in [0.1, 0.15) is 16.7 Å². The van der Waals surface area contributed by atoms with Gasteiger partial charge in [0.25, 0.3) is 0 Å². The summed E-state index contributed by atoms with van der Waals surface area (Å²) in [6.45, 7) is 1.86. The third-order valence-electron chi connectivity index (χ3n) is 5.80. The van der Waals surface area contributed by atoms with Gasteiger partial charge in [-0.2, -0.15) is 26.3 Å². The highest BCUT2D eigenvalue weighted by molar-refractivity contribution is 5.48. The van der Waals surface area contributed by atoms with E-state index in [0.717, 1.165) is 54.1 Å². The molecule has 37 heavy (non-hydrogen) atoms. The molecule has 0 fully saturated rings. The quantitative estimate of drug-likeness (QED) is 0.206. The fraction of sp³-hybridized carbons (Fsp3) is 0.143. The van der Waals surface area contributed by atoms with Crippen molar-refractivity contribution in [2.45, 2.75) is 24.7 Å². The molecule has 3 nitrogen and oxygen atoms in total. The molecule has 0 bridgehead atoms. The number of halogens is 6. The fourth-order valence-electron chi connectivity index (χ4n) is 3.94. The number of aryl methyl sites for hydroxylation is 1. The monoisotopic (exact) mass is 517 g/mol. The van der Waals surface area contributed by atoms with Gasteiger partial charge in [-0.3, -0.25) is 0 Å². The molecule has 2 N–H and O–H groups in total. The second-order valence-corrected chi connectivity index (χ2v) is 8.38. The van der Waals surface area contributed by atoms with E-state index in [1.807, 2.05) is 6.92 Å². The molecular weight excluding hydrogens is 496 g/mol. The van der Waals surface area contributed by atoms with Crippen molar-refractivity contribution in [2.24, 2.45) is 0 Å². The molecule has 4 rings (SSSR count). The summed E-state index contributed by atoms with van der Waals surface area (Å²) in [6.07, 6.45) is -11.4. The first kappa shape index (κ1) is 25.9. The Morgan fingerprint density at radius 3 is 1.11 bits per heavy atom. The fourth-order valence-corrected chi connectivity index (χ4v) is 3.94. The largest absolute Gasteiger partial charge is 0.457 e. The van der Waals surface area contributed by atoms with Gasteiger partial charge in [-0.1, -0.05) is 42.0 Å². The maximum Gasteiger partial charge on any atom is 0.411 e. The Morgan fingerprint density at radius 2 is 0.784 bits per heavy atom. The predicted octanol–water partition coefficient (Wildman–Crippen LogP) is 8.57. The summed E-state index contributed by atoms with van der Waals surface area (Å²) in [5.74, 6) is 0.878. The topological polar surface area (TPSA) is 44.5 Å². The maximum atomic E-state index is 14.4. The maximum absolute atomic E-state index is 14.4. The van der Waals surface area contributed by atoms with Gasteiger partial charge >= 0.3 is 12.4 Å². The van der Waals surface area contributed by atoms with Crippen molar-refractivity contribution < 1.29 is 35.8 Å². The van der Waals surface area contributed by atoms with E-state index in [0.29, 0.717) is 17.2 Å². The van der Waals surface area contributed by atoms with E-state index >= 15 is 0 Å². The highest BCUT2D eigenvalue weighted by atomic mass is 19.4. The van der Waals surface area contributed by atoms with E-state index in [1.54, 1.807) is 36.4 Å². The smallest absolute Gasteiger partial charge is 0.411 e. The minimum Gasteiger partial charge on any atom is -0.457 e. The normalized spacial score (nSPS) is 12.3. The summed E-state index contributed by atoms with van der Waals surface area (Å²) < 4.78 is 97.6. The van der Waals surface area contributed by atoms with Gasteiger partial charge in [-0.15, -0.1) is 0 Å². The Balaban J connectivity index is 1.71. The van der Waals surface area contributed by atoms with Gasteiger partial charge in [0.05, 0.1) is 0 Å². The number of ether oxygens (including phenoxy) is 2. The van der Waals surface area contributed by atoms with E-state index in [9.17, 15) is 26.3 Å². The van der Waals surface area contributed by atoms with Crippen molar-refractivity contribution in [3.8, 4) is 23.0 Å². The van der Waals surface area contributed by atoms with Crippen molar-refractivity contribution in [3.63, 3.8) is 0 Å². The number of nitrogens with two attached hydrogens (primary N) is 1. The molecule has 4 aromatic carbocycles. The molecule has 0 saturated carbocycles. The minimum absolute atomic E-state index is 0.0635. The SMILES string of the molecule is Cc1ccc(Oc2ccc(C(c3ccc(Oc4ccc(N)cc4)cc3)(C(F)(F)F)C(F)(F)F)cc2)cc1. The molecule has 0 aliphatic rings. The molecule has 9 heteroatoms. The summed E-state index contributed by atoms with van der Waals surface area (Å²) >= 11 is 0. The van der Waals surface area contributed by atoms with Crippen molar-refractivity contribution in [3.05, 3.63) is 114 Å². The van der Waals surface area contributed by atoms with Crippen LogP contribution in [0.15, 0.2) is 97.1 Å². The molecule has 0 aromatic heterocycles.